The molecule has 0 spiro atoms. The monoisotopic (exact) mass is 468 g/mol. The molecule has 0 aliphatic rings. The third-order valence-corrected chi connectivity index (χ3v) is 3.73. The van der Waals surface area contributed by atoms with Crippen LogP contribution in [0, 0.1) is 3.57 Å². The van der Waals surface area contributed by atoms with Crippen molar-refractivity contribution in [1.82, 2.24) is 4.57 Å². The summed E-state index contributed by atoms with van der Waals surface area (Å²) in [7, 11) is 3.85. The van der Waals surface area contributed by atoms with Gasteiger partial charge in [-0.3, -0.25) is 0 Å². The van der Waals surface area contributed by atoms with Crippen LogP contribution in [-0.4, -0.2) is 4.57 Å². The van der Waals surface area contributed by atoms with Gasteiger partial charge in [-0.2, -0.15) is 4.57 Å². The van der Waals surface area contributed by atoms with Crippen molar-refractivity contribution in [2.45, 2.75) is 0 Å². The topological polar surface area (TPSA) is 8.81 Å². The zero-order valence-electron chi connectivity index (χ0n) is 8.06. The third-order valence-electron chi connectivity index (χ3n) is 2.18. The van der Waals surface area contributed by atoms with Crippen LogP contribution >= 0.6 is 45.8 Å². The fraction of sp³-hybridized carbons (Fsp3) is 0.222. The highest BCUT2D eigenvalue weighted by Crippen LogP contribution is 2.31. The molecule has 0 saturated heterocycles. The second kappa shape index (κ2) is 4.93. The molecule has 0 aliphatic heterocycles. The molecule has 0 atom stereocenters. The van der Waals surface area contributed by atoms with Crippen molar-refractivity contribution in [2.75, 3.05) is 0 Å². The van der Waals surface area contributed by atoms with Gasteiger partial charge in [-0.15, -0.1) is 0 Å². The summed E-state index contributed by atoms with van der Waals surface area (Å²) in [5, 5.41) is 2.46. The Morgan fingerprint density at radius 2 is 2.00 bits per heavy atom. The van der Waals surface area contributed by atoms with Crippen molar-refractivity contribution >= 4 is 56.7 Å². The lowest BCUT2D eigenvalue weighted by molar-refractivity contribution is -0.667. The van der Waals surface area contributed by atoms with Crippen LogP contribution in [0.25, 0.3) is 10.9 Å². The molecule has 0 fully saturated rings. The van der Waals surface area contributed by atoms with Crippen LogP contribution in [0.1, 0.15) is 0 Å². The van der Waals surface area contributed by atoms with Gasteiger partial charge in [-0.25, -0.2) is 0 Å². The minimum Gasteiger partial charge on any atom is -1.00 e. The van der Waals surface area contributed by atoms with Gasteiger partial charge in [0.05, 0.1) is 10.9 Å². The summed E-state index contributed by atoms with van der Waals surface area (Å²) in [5.74, 6) is 0. The van der Waals surface area contributed by atoms with Crippen LogP contribution in [0.3, 0.4) is 0 Å². The molecule has 2 aromatic rings. The molecule has 0 aliphatic carbocycles. The van der Waals surface area contributed by atoms with Gasteiger partial charge in [0.2, 0.25) is 0 Å². The molecule has 2 heterocycles. The van der Waals surface area contributed by atoms with E-state index >= 15 is 0 Å². The molecular weight excluding hydrogens is 461 g/mol. The zero-order valence-corrected chi connectivity index (χ0v) is 13.9. The first-order valence-electron chi connectivity index (χ1n) is 4.00. The predicted octanol–water partition coefficient (Wildman–Crippen LogP) is -0.0818. The molecule has 2 rings (SSSR count). The van der Waals surface area contributed by atoms with E-state index in [4.69, 9.17) is 23.2 Å². The lowest BCUT2D eigenvalue weighted by Gasteiger charge is -1.99. The van der Waals surface area contributed by atoms with E-state index in [1.54, 1.807) is 0 Å². The maximum Gasteiger partial charge on any atom is 0.285 e. The predicted molar refractivity (Wildman–Crippen MR) is 66.8 cm³/mol. The molecule has 15 heavy (non-hydrogen) atoms. The van der Waals surface area contributed by atoms with Crippen LogP contribution in [0.2, 0.25) is 10.2 Å². The molecule has 2 nitrogen and oxygen atoms in total. The molecule has 0 aromatic carbocycles. The first-order valence-corrected chi connectivity index (χ1v) is 5.84. The number of rotatable bonds is 0. The number of fused-ring (bicyclic) bond motifs is 1. The van der Waals surface area contributed by atoms with E-state index in [0.717, 1.165) is 24.6 Å². The summed E-state index contributed by atoms with van der Waals surface area (Å²) in [4.78, 5) is 0. The van der Waals surface area contributed by atoms with Gasteiger partial charge < -0.3 is 28.5 Å². The molecule has 0 bridgehead atoms. The normalized spacial score (nSPS) is 10.5. The summed E-state index contributed by atoms with van der Waals surface area (Å²) >= 11 is 14.6. The Morgan fingerprint density at radius 1 is 1.40 bits per heavy atom. The number of pyridine rings is 1. The first-order chi connectivity index (χ1) is 6.52. The Kier molecular flexibility index (Phi) is 4.53. The van der Waals surface area contributed by atoms with E-state index in [0.29, 0.717) is 0 Å². The second-order valence-corrected chi connectivity index (χ2v) is 5.12. The number of hydrogen-bond acceptors (Lipinski definition) is 0. The van der Waals surface area contributed by atoms with Gasteiger partial charge in [-0.05, 0) is 34.2 Å². The van der Waals surface area contributed by atoms with Crippen LogP contribution < -0.4 is 28.5 Å². The van der Waals surface area contributed by atoms with Crippen LogP contribution in [0.5, 0.6) is 0 Å². The van der Waals surface area contributed by atoms with E-state index < -0.39 is 0 Å². The second-order valence-electron chi connectivity index (χ2n) is 3.19. The smallest absolute Gasteiger partial charge is 0.285 e. The van der Waals surface area contributed by atoms with Crippen LogP contribution in [0.4, 0.5) is 0 Å². The highest BCUT2D eigenvalue weighted by atomic mass is 127. The Bertz CT molecular complexity index is 523. The molecule has 0 N–H and O–H groups in total. The fourth-order valence-corrected chi connectivity index (χ4v) is 3.24. The van der Waals surface area contributed by atoms with Crippen molar-refractivity contribution in [3.8, 4) is 0 Å². The molecule has 0 radical (unpaired) electrons. The Balaban J connectivity index is 0.00000112. The summed E-state index contributed by atoms with van der Waals surface area (Å²) in [6.45, 7) is 0. The van der Waals surface area contributed by atoms with Crippen molar-refractivity contribution in [1.29, 1.82) is 0 Å². The average Bonchev–Trinajstić information content (AvgIpc) is 2.38. The van der Waals surface area contributed by atoms with Crippen molar-refractivity contribution < 1.29 is 28.5 Å². The fourth-order valence-electron chi connectivity index (χ4n) is 1.54. The van der Waals surface area contributed by atoms with Gasteiger partial charge in [-0.1, -0.05) is 11.6 Å². The number of halogens is 4. The first kappa shape index (κ1) is 13.8. The summed E-state index contributed by atoms with van der Waals surface area (Å²) in [6, 6.07) is 0. The number of nitrogens with zero attached hydrogens (tertiary/aromatic N) is 2. The maximum absolute atomic E-state index is 6.20. The van der Waals surface area contributed by atoms with E-state index in [-0.39, 0.29) is 24.0 Å². The van der Waals surface area contributed by atoms with Gasteiger partial charge in [0, 0.05) is 16.8 Å². The quantitative estimate of drug-likeness (QED) is 0.291. The Labute approximate surface area is 129 Å². The molecule has 2 aromatic heterocycles. The lowest BCUT2D eigenvalue weighted by Crippen LogP contribution is -3.00. The number of aryl methyl sites for hydroxylation is 2. The average molecular weight is 469 g/mol. The van der Waals surface area contributed by atoms with Gasteiger partial charge in [0.1, 0.15) is 12.1 Å². The van der Waals surface area contributed by atoms with Gasteiger partial charge >= 0.3 is 0 Å². The van der Waals surface area contributed by atoms with Crippen molar-refractivity contribution in [3.63, 3.8) is 0 Å². The van der Waals surface area contributed by atoms with Crippen LogP contribution in [0.15, 0.2) is 12.4 Å². The molecule has 6 heteroatoms. The minimum absolute atomic E-state index is 0. The standard InChI is InChI=1S/C9H8Cl2IN2.HI/c1-13-4-6(12)7-8(13)5(10)3-14(2)9(7)11;/h3-4H,1-2H3;1H/q+1;/p-1. The summed E-state index contributed by atoms with van der Waals surface area (Å²) in [6.07, 6.45) is 3.84. The van der Waals surface area contributed by atoms with Crippen molar-refractivity contribution in [3.05, 3.63) is 26.1 Å². The molecule has 82 valence electrons. The van der Waals surface area contributed by atoms with E-state index in [2.05, 4.69) is 22.6 Å². The lowest BCUT2D eigenvalue weighted by atomic mass is 10.3. The van der Waals surface area contributed by atoms with Gasteiger partial charge in [0.15, 0.2) is 6.20 Å². The largest absolute Gasteiger partial charge is 1.00 e. The zero-order chi connectivity index (χ0) is 10.5. The van der Waals surface area contributed by atoms with E-state index in [1.807, 2.05) is 35.6 Å². The summed E-state index contributed by atoms with van der Waals surface area (Å²) < 4.78 is 4.93. The molecule has 0 unspecified atom stereocenters. The van der Waals surface area contributed by atoms with E-state index in [1.165, 1.54) is 0 Å². The van der Waals surface area contributed by atoms with Crippen LogP contribution in [-0.2, 0) is 14.1 Å². The summed E-state index contributed by atoms with van der Waals surface area (Å²) in [5.41, 5.74) is 0.985. The SMILES string of the molecule is Cn1cc(I)c2c(Cl)[n+](C)cc(Cl)c21.[I-]. The molecule has 0 saturated carbocycles. The molecular formula is C9H8Cl2I2N2. The number of hydrogen-bond donors (Lipinski definition) is 0. The van der Waals surface area contributed by atoms with Gasteiger partial charge in [0.25, 0.3) is 5.15 Å². The Hall–Kier alpha value is 0.730. The highest BCUT2D eigenvalue weighted by molar-refractivity contribution is 14.1. The van der Waals surface area contributed by atoms with E-state index in [9.17, 15) is 0 Å². The number of aromatic nitrogens is 2. The highest BCUT2D eigenvalue weighted by Gasteiger charge is 2.19. The third kappa shape index (κ3) is 2.23. The molecule has 0 amide bonds. The van der Waals surface area contributed by atoms with Crippen molar-refractivity contribution in [2.24, 2.45) is 14.1 Å². The maximum atomic E-state index is 6.20. The minimum atomic E-state index is 0. The Morgan fingerprint density at radius 3 is 2.60 bits per heavy atom.